The van der Waals surface area contributed by atoms with Crippen LogP contribution in [0.5, 0.6) is 0 Å². The van der Waals surface area contributed by atoms with E-state index < -0.39 is 10.0 Å². The third-order valence-electron chi connectivity index (χ3n) is 3.10. The third kappa shape index (κ3) is 3.51. The summed E-state index contributed by atoms with van der Waals surface area (Å²) >= 11 is 4.84. The Labute approximate surface area is 123 Å². The van der Waals surface area contributed by atoms with Crippen molar-refractivity contribution >= 4 is 27.2 Å². The monoisotopic (exact) mass is 315 g/mol. The molecule has 0 radical (unpaired) electrons. The van der Waals surface area contributed by atoms with Gasteiger partial charge in [-0.3, -0.25) is 4.98 Å². The largest absolute Gasteiger partial charge is 0.388 e. The minimum atomic E-state index is -3.69. The highest BCUT2D eigenvalue weighted by Crippen LogP contribution is 2.18. The highest BCUT2D eigenvalue weighted by atomic mass is 32.2. The van der Waals surface area contributed by atoms with Gasteiger partial charge in [0, 0.05) is 18.8 Å². The smallest absolute Gasteiger partial charge is 0.243 e. The Morgan fingerprint density at radius 2 is 2.35 bits per heavy atom. The predicted octanol–water partition coefficient (Wildman–Crippen LogP) is 0.562. The van der Waals surface area contributed by atoms with Crippen LogP contribution in [0.2, 0.25) is 0 Å². The molecule has 0 amide bonds. The number of aromatic nitrogens is 1. The lowest BCUT2D eigenvalue weighted by Crippen LogP contribution is -2.41. The van der Waals surface area contributed by atoms with E-state index in [9.17, 15) is 8.42 Å². The van der Waals surface area contributed by atoms with Crippen LogP contribution in [-0.2, 0) is 14.8 Å². The molecule has 2 rings (SSSR count). The summed E-state index contributed by atoms with van der Waals surface area (Å²) in [5.74, 6) is 0. The number of rotatable bonds is 4. The molecule has 3 N–H and O–H groups in total. The maximum Gasteiger partial charge on any atom is 0.243 e. The molecule has 0 saturated carbocycles. The topological polar surface area (TPSA) is 94.3 Å². The third-order valence-corrected chi connectivity index (χ3v) is 4.85. The Hall–Kier alpha value is -1.09. The van der Waals surface area contributed by atoms with E-state index in [1.54, 1.807) is 6.07 Å². The van der Waals surface area contributed by atoms with E-state index >= 15 is 0 Å². The van der Waals surface area contributed by atoms with Gasteiger partial charge in [0.2, 0.25) is 10.0 Å². The lowest BCUT2D eigenvalue weighted by Gasteiger charge is -2.27. The van der Waals surface area contributed by atoms with E-state index in [4.69, 9.17) is 22.7 Å². The van der Waals surface area contributed by atoms with Gasteiger partial charge in [-0.1, -0.05) is 12.2 Å². The zero-order chi connectivity index (χ0) is 14.8. The van der Waals surface area contributed by atoms with Gasteiger partial charge in [-0.2, -0.15) is 0 Å². The van der Waals surface area contributed by atoms with Crippen molar-refractivity contribution in [3.63, 3.8) is 0 Å². The zero-order valence-corrected chi connectivity index (χ0v) is 12.7. The Kier molecular flexibility index (Phi) is 4.69. The first kappa shape index (κ1) is 15.3. The number of hydrogen-bond acceptors (Lipinski definition) is 5. The van der Waals surface area contributed by atoms with Gasteiger partial charge >= 0.3 is 0 Å². The van der Waals surface area contributed by atoms with Crippen molar-refractivity contribution in [2.45, 2.75) is 36.8 Å². The second kappa shape index (κ2) is 6.13. The molecule has 1 aliphatic rings. The number of pyridine rings is 1. The molecule has 0 aliphatic carbocycles. The standard InChI is InChI=1S/C12H17N3O3S2/c1-8-7-9(4-6-18-8)15-20(16,17)10-3-2-5-14-11(10)12(13)19/h2-3,5,8-9,15H,4,6-7H2,1H3,(H2,13,19). The van der Waals surface area contributed by atoms with Crippen LogP contribution in [0.3, 0.4) is 0 Å². The maximum atomic E-state index is 12.4. The zero-order valence-electron chi connectivity index (χ0n) is 11.1. The van der Waals surface area contributed by atoms with Crippen molar-refractivity contribution in [2.24, 2.45) is 5.73 Å². The second-order valence-electron chi connectivity index (χ2n) is 4.74. The number of nitrogens with zero attached hydrogens (tertiary/aromatic N) is 1. The molecule has 0 spiro atoms. The van der Waals surface area contributed by atoms with Crippen molar-refractivity contribution in [2.75, 3.05) is 6.61 Å². The van der Waals surface area contributed by atoms with Gasteiger partial charge in [-0.25, -0.2) is 13.1 Å². The number of hydrogen-bond donors (Lipinski definition) is 2. The average molecular weight is 315 g/mol. The first-order valence-electron chi connectivity index (χ1n) is 6.29. The van der Waals surface area contributed by atoms with Gasteiger partial charge < -0.3 is 10.5 Å². The lowest BCUT2D eigenvalue weighted by molar-refractivity contribution is 0.0173. The quantitative estimate of drug-likeness (QED) is 0.789. The number of sulfonamides is 1. The minimum absolute atomic E-state index is 0.0200. The highest BCUT2D eigenvalue weighted by molar-refractivity contribution is 7.89. The van der Waals surface area contributed by atoms with Gasteiger partial charge in [0.15, 0.2) is 0 Å². The van der Waals surface area contributed by atoms with Crippen molar-refractivity contribution in [1.82, 2.24) is 9.71 Å². The summed E-state index contributed by atoms with van der Waals surface area (Å²) in [6.45, 7) is 2.47. The Balaban J connectivity index is 2.24. The van der Waals surface area contributed by atoms with E-state index in [0.29, 0.717) is 19.4 Å². The summed E-state index contributed by atoms with van der Waals surface area (Å²) in [4.78, 5) is 3.93. The fourth-order valence-corrected chi connectivity index (χ4v) is 3.86. The van der Waals surface area contributed by atoms with Crippen LogP contribution < -0.4 is 10.5 Å². The molecular formula is C12H17N3O3S2. The van der Waals surface area contributed by atoms with Crippen LogP contribution in [0.25, 0.3) is 0 Å². The Bertz CT molecular complexity index is 604. The van der Waals surface area contributed by atoms with E-state index in [1.807, 2.05) is 6.92 Å². The van der Waals surface area contributed by atoms with Crippen LogP contribution in [0.4, 0.5) is 0 Å². The molecule has 8 heteroatoms. The van der Waals surface area contributed by atoms with Gasteiger partial charge in [-0.05, 0) is 31.9 Å². The summed E-state index contributed by atoms with van der Waals surface area (Å²) < 4.78 is 32.9. The highest BCUT2D eigenvalue weighted by Gasteiger charge is 2.27. The molecule has 2 unspecified atom stereocenters. The van der Waals surface area contributed by atoms with Crippen molar-refractivity contribution < 1.29 is 13.2 Å². The molecule has 20 heavy (non-hydrogen) atoms. The van der Waals surface area contributed by atoms with Gasteiger partial charge in [0.25, 0.3) is 0 Å². The Morgan fingerprint density at radius 1 is 1.60 bits per heavy atom. The molecule has 1 saturated heterocycles. The minimum Gasteiger partial charge on any atom is -0.388 e. The molecule has 2 atom stereocenters. The van der Waals surface area contributed by atoms with Crippen LogP contribution >= 0.6 is 12.2 Å². The summed E-state index contributed by atoms with van der Waals surface area (Å²) in [5, 5.41) is 0. The fourth-order valence-electron chi connectivity index (χ4n) is 2.18. The molecule has 1 aliphatic heterocycles. The van der Waals surface area contributed by atoms with Gasteiger partial charge in [-0.15, -0.1) is 0 Å². The number of nitrogens with two attached hydrogens (primary N) is 1. The molecule has 1 aromatic rings. The van der Waals surface area contributed by atoms with Crippen molar-refractivity contribution in [3.05, 3.63) is 24.0 Å². The van der Waals surface area contributed by atoms with Crippen molar-refractivity contribution in [1.29, 1.82) is 0 Å². The fraction of sp³-hybridized carbons (Fsp3) is 0.500. The van der Waals surface area contributed by atoms with Crippen molar-refractivity contribution in [3.8, 4) is 0 Å². The van der Waals surface area contributed by atoms with Crippen LogP contribution in [0.1, 0.15) is 25.5 Å². The molecule has 110 valence electrons. The molecule has 2 heterocycles. The SMILES string of the molecule is CC1CC(NS(=O)(=O)c2cccnc2C(N)=S)CCO1. The van der Waals surface area contributed by atoms with E-state index in [-0.39, 0.29) is 27.7 Å². The van der Waals surface area contributed by atoms with Crippen LogP contribution in [0.15, 0.2) is 23.2 Å². The molecular weight excluding hydrogens is 298 g/mol. The summed E-state index contributed by atoms with van der Waals surface area (Å²) in [6, 6.07) is 2.85. The molecule has 0 bridgehead atoms. The number of nitrogens with one attached hydrogen (secondary N) is 1. The molecule has 6 nitrogen and oxygen atoms in total. The summed E-state index contributed by atoms with van der Waals surface area (Å²) in [5.41, 5.74) is 5.64. The van der Waals surface area contributed by atoms with E-state index in [1.165, 1.54) is 12.3 Å². The van der Waals surface area contributed by atoms with Gasteiger partial charge in [0.05, 0.1) is 6.10 Å². The van der Waals surface area contributed by atoms with Crippen LogP contribution in [-0.4, -0.2) is 37.1 Å². The predicted molar refractivity (Wildman–Crippen MR) is 78.9 cm³/mol. The average Bonchev–Trinajstić information content (AvgIpc) is 2.38. The molecule has 1 aromatic heterocycles. The maximum absolute atomic E-state index is 12.4. The summed E-state index contributed by atoms with van der Waals surface area (Å²) in [6.07, 6.45) is 2.79. The normalized spacial score (nSPS) is 23.4. The Morgan fingerprint density at radius 3 is 3.00 bits per heavy atom. The lowest BCUT2D eigenvalue weighted by atomic mass is 10.1. The molecule has 0 aromatic carbocycles. The first-order valence-corrected chi connectivity index (χ1v) is 8.18. The number of ether oxygens (including phenoxy) is 1. The first-order chi connectivity index (χ1) is 9.40. The summed E-state index contributed by atoms with van der Waals surface area (Å²) in [7, 11) is -3.69. The van der Waals surface area contributed by atoms with Gasteiger partial charge in [0.1, 0.15) is 15.6 Å². The number of thiocarbonyl (C=S) groups is 1. The van der Waals surface area contributed by atoms with E-state index in [0.717, 1.165) is 0 Å². The van der Waals surface area contributed by atoms with Crippen LogP contribution in [0, 0.1) is 0 Å². The second-order valence-corrected chi connectivity index (χ2v) is 6.86. The van der Waals surface area contributed by atoms with E-state index in [2.05, 4.69) is 9.71 Å². The molecule has 1 fully saturated rings.